The van der Waals surface area contributed by atoms with Crippen molar-refractivity contribution < 1.29 is 19.4 Å². The fraction of sp³-hybridized carbons (Fsp3) is 0.462. The molecule has 1 unspecified atom stereocenters. The normalized spacial score (nSPS) is 26.5. The number of hydrogen-bond donors (Lipinski definition) is 1. The Morgan fingerprint density at radius 1 is 1.06 bits per heavy atom. The minimum Gasteiger partial charge on any atom is -0.465 e. The molecule has 2 aromatic rings. The number of halogens is 2. The summed E-state index contributed by atoms with van der Waals surface area (Å²) >= 11 is 13.0. The van der Waals surface area contributed by atoms with E-state index in [2.05, 4.69) is 4.90 Å². The van der Waals surface area contributed by atoms with Gasteiger partial charge in [-0.05, 0) is 55.7 Å². The van der Waals surface area contributed by atoms with Crippen LogP contribution in [0.1, 0.15) is 47.2 Å². The van der Waals surface area contributed by atoms with E-state index in [1.165, 1.54) is 38.9 Å². The third kappa shape index (κ3) is 3.91. The minimum atomic E-state index is -2.04. The van der Waals surface area contributed by atoms with Gasteiger partial charge in [-0.25, -0.2) is 4.79 Å². The number of anilines is 1. The summed E-state index contributed by atoms with van der Waals surface area (Å²) < 4.78 is 4.88. The third-order valence-corrected chi connectivity index (χ3v) is 8.23. The Balaban J connectivity index is 1.54. The molecule has 1 N–H and O–H groups in total. The van der Waals surface area contributed by atoms with Crippen molar-refractivity contribution in [3.8, 4) is 0 Å². The molecular formula is C26H28Cl2N2O4. The number of aliphatic hydroxyl groups is 1. The van der Waals surface area contributed by atoms with E-state index < -0.39 is 17.5 Å². The second-order valence-electron chi connectivity index (χ2n) is 9.64. The molecule has 3 fully saturated rings. The van der Waals surface area contributed by atoms with Gasteiger partial charge in [0, 0.05) is 42.3 Å². The van der Waals surface area contributed by atoms with Crippen LogP contribution < -0.4 is 4.90 Å². The molecule has 1 amide bonds. The van der Waals surface area contributed by atoms with Crippen molar-refractivity contribution in [2.75, 3.05) is 38.2 Å². The van der Waals surface area contributed by atoms with Crippen LogP contribution >= 0.6 is 23.2 Å². The van der Waals surface area contributed by atoms with Gasteiger partial charge in [0.2, 0.25) is 0 Å². The number of nitrogens with zero attached hydrogens (tertiary/aromatic N) is 2. The zero-order chi connectivity index (χ0) is 24.0. The highest BCUT2D eigenvalue weighted by molar-refractivity contribution is 6.35. The van der Waals surface area contributed by atoms with Crippen molar-refractivity contribution in [2.24, 2.45) is 11.8 Å². The third-order valence-electron chi connectivity index (χ3n) is 7.60. The molecule has 1 atom stereocenters. The van der Waals surface area contributed by atoms with Crippen molar-refractivity contribution in [3.63, 3.8) is 0 Å². The number of carbonyl (C=O) groups is 2. The smallest absolute Gasteiger partial charge is 0.337 e. The fourth-order valence-electron chi connectivity index (χ4n) is 5.86. The monoisotopic (exact) mass is 502 g/mol. The molecule has 6 nitrogen and oxygen atoms in total. The number of carbonyl (C=O) groups excluding carboxylic acids is 2. The summed E-state index contributed by atoms with van der Waals surface area (Å²) in [6.07, 6.45) is 5.10. The number of ether oxygens (including phenoxy) is 1. The van der Waals surface area contributed by atoms with Gasteiger partial charge in [0.05, 0.1) is 23.4 Å². The molecule has 34 heavy (non-hydrogen) atoms. The molecule has 1 aliphatic carbocycles. The summed E-state index contributed by atoms with van der Waals surface area (Å²) in [5, 5.41) is 12.3. The molecule has 2 saturated heterocycles. The first-order valence-corrected chi connectivity index (χ1v) is 12.5. The maximum absolute atomic E-state index is 13.8. The second-order valence-corrected chi connectivity index (χ2v) is 10.5. The fourth-order valence-corrected chi connectivity index (χ4v) is 6.49. The summed E-state index contributed by atoms with van der Waals surface area (Å²) in [7, 11) is 1.29. The summed E-state index contributed by atoms with van der Waals surface area (Å²) in [4.78, 5) is 30.1. The molecule has 3 heterocycles. The van der Waals surface area contributed by atoms with E-state index in [0.29, 0.717) is 30.6 Å². The van der Waals surface area contributed by atoms with Crippen molar-refractivity contribution in [3.05, 3.63) is 63.1 Å². The van der Waals surface area contributed by atoms with Gasteiger partial charge in [-0.15, -0.1) is 0 Å². The molecule has 0 spiro atoms. The van der Waals surface area contributed by atoms with Crippen LogP contribution in [0.25, 0.3) is 0 Å². The lowest BCUT2D eigenvalue weighted by Crippen LogP contribution is -2.44. The largest absolute Gasteiger partial charge is 0.465 e. The first-order chi connectivity index (χ1) is 16.3. The van der Waals surface area contributed by atoms with Crippen LogP contribution in [0.2, 0.25) is 10.0 Å². The average Bonchev–Trinajstić information content (AvgIpc) is 3.02. The van der Waals surface area contributed by atoms with Gasteiger partial charge < -0.3 is 19.6 Å². The van der Waals surface area contributed by atoms with Gasteiger partial charge >= 0.3 is 5.97 Å². The summed E-state index contributed by atoms with van der Waals surface area (Å²) in [6, 6.07) is 9.73. The average molecular weight is 503 g/mol. The van der Waals surface area contributed by atoms with E-state index in [4.69, 9.17) is 27.9 Å². The van der Waals surface area contributed by atoms with Crippen molar-refractivity contribution in [1.29, 1.82) is 0 Å². The van der Waals surface area contributed by atoms with E-state index in [9.17, 15) is 14.7 Å². The van der Waals surface area contributed by atoms with Crippen LogP contribution in [0, 0.1) is 11.8 Å². The Bertz CT molecular complexity index is 1120. The van der Waals surface area contributed by atoms with Crippen LogP contribution in [0.4, 0.5) is 5.69 Å². The number of rotatable bonds is 5. The number of benzene rings is 2. The molecule has 2 bridgehead atoms. The lowest BCUT2D eigenvalue weighted by molar-refractivity contribution is -0.132. The highest BCUT2D eigenvalue weighted by atomic mass is 35.5. The van der Waals surface area contributed by atoms with E-state index in [-0.39, 0.29) is 26.7 Å². The molecule has 6 rings (SSSR count). The Morgan fingerprint density at radius 2 is 1.71 bits per heavy atom. The number of fused-ring (bicyclic) bond motifs is 5. The van der Waals surface area contributed by atoms with Crippen molar-refractivity contribution in [2.45, 2.75) is 31.3 Å². The Morgan fingerprint density at radius 3 is 2.32 bits per heavy atom. The van der Waals surface area contributed by atoms with Gasteiger partial charge in [-0.2, -0.15) is 0 Å². The van der Waals surface area contributed by atoms with Crippen LogP contribution in [0.15, 0.2) is 36.4 Å². The van der Waals surface area contributed by atoms with Gasteiger partial charge in [0.15, 0.2) is 5.60 Å². The summed E-state index contributed by atoms with van der Waals surface area (Å²) in [5.74, 6) is 0.341. The second kappa shape index (κ2) is 9.15. The molecule has 2 aromatic carbocycles. The Hall–Kier alpha value is -2.12. The highest BCUT2D eigenvalue weighted by Crippen LogP contribution is 2.50. The summed E-state index contributed by atoms with van der Waals surface area (Å²) in [6.45, 7) is 3.11. The maximum atomic E-state index is 13.8. The van der Waals surface area contributed by atoms with E-state index in [1.807, 2.05) is 0 Å². The molecule has 1 saturated carbocycles. The van der Waals surface area contributed by atoms with E-state index in [0.717, 1.165) is 13.1 Å². The number of methoxy groups -OCH3 is 1. The molecule has 0 radical (unpaired) electrons. The summed E-state index contributed by atoms with van der Waals surface area (Å²) in [5.41, 5.74) is -0.891. The zero-order valence-corrected chi connectivity index (χ0v) is 20.6. The highest BCUT2D eigenvalue weighted by Gasteiger charge is 2.53. The van der Waals surface area contributed by atoms with Crippen LogP contribution in [-0.2, 0) is 15.1 Å². The van der Waals surface area contributed by atoms with Crippen LogP contribution in [-0.4, -0.2) is 55.2 Å². The van der Waals surface area contributed by atoms with E-state index >= 15 is 0 Å². The number of hydrogen-bond acceptors (Lipinski definition) is 5. The molecule has 8 heteroatoms. The topological polar surface area (TPSA) is 70.1 Å². The Labute approximate surface area is 209 Å². The molecular weight excluding hydrogens is 475 g/mol. The van der Waals surface area contributed by atoms with Crippen LogP contribution in [0.3, 0.4) is 0 Å². The first kappa shape index (κ1) is 23.6. The molecule has 4 aliphatic rings. The predicted octanol–water partition coefficient (Wildman–Crippen LogP) is 4.48. The van der Waals surface area contributed by atoms with Gasteiger partial charge in [-0.3, -0.25) is 4.79 Å². The Kier molecular flexibility index (Phi) is 6.36. The van der Waals surface area contributed by atoms with Crippen molar-refractivity contribution >= 4 is 40.8 Å². The minimum absolute atomic E-state index is 0.115. The SMILES string of the molecule is COC(=O)c1cc(Cl)c2c(c1)N(CCN1CC3CCC(CC3)C1)C(=O)C2(O)c1ccccc1Cl. The first-order valence-electron chi connectivity index (χ1n) is 11.8. The van der Waals surface area contributed by atoms with Gasteiger partial charge in [0.25, 0.3) is 5.91 Å². The zero-order valence-electron chi connectivity index (χ0n) is 19.1. The van der Waals surface area contributed by atoms with Gasteiger partial charge in [-0.1, -0.05) is 41.4 Å². The van der Waals surface area contributed by atoms with Gasteiger partial charge in [0.1, 0.15) is 0 Å². The molecule has 0 aromatic heterocycles. The molecule has 180 valence electrons. The lowest BCUT2D eigenvalue weighted by Gasteiger charge is -2.27. The van der Waals surface area contributed by atoms with Crippen molar-refractivity contribution in [1.82, 2.24) is 4.90 Å². The van der Waals surface area contributed by atoms with E-state index in [1.54, 1.807) is 35.2 Å². The molecule has 3 aliphatic heterocycles. The quantitative estimate of drug-likeness (QED) is 0.610. The standard InChI is InChI=1S/C26H28Cl2N2O4/c1-34-24(31)18-12-21(28)23-22(13-18)30(11-10-29-14-16-6-7-17(15-29)9-8-16)25(32)26(23,33)19-4-2-3-5-20(19)27/h2-5,12-13,16-17,33H,6-11,14-15H2,1H3. The van der Waals surface area contributed by atoms with Crippen LogP contribution in [0.5, 0.6) is 0 Å². The lowest BCUT2D eigenvalue weighted by atomic mass is 9.84. The number of amides is 1. The predicted molar refractivity (Wildman–Crippen MR) is 131 cm³/mol. The number of esters is 1. The maximum Gasteiger partial charge on any atom is 0.337 e.